The van der Waals surface area contributed by atoms with E-state index < -0.39 is 0 Å². The molecule has 3 fully saturated rings. The van der Waals surface area contributed by atoms with Gasteiger partial charge in [-0.05, 0) is 38.8 Å². The lowest BCUT2D eigenvalue weighted by Crippen LogP contribution is -2.63. The van der Waals surface area contributed by atoms with Gasteiger partial charge in [0, 0.05) is 7.11 Å². The third-order valence-electron chi connectivity index (χ3n) is 5.71. The first-order valence-electron chi connectivity index (χ1n) is 8.93. The zero-order valence-electron chi connectivity index (χ0n) is 13.8. The third kappa shape index (κ3) is 3.17. The van der Waals surface area contributed by atoms with E-state index in [0.717, 1.165) is 25.9 Å². The molecule has 0 aromatic rings. The number of piperidine rings is 1. The van der Waals surface area contributed by atoms with Crippen LogP contribution in [0.4, 0.5) is 0 Å². The minimum atomic E-state index is -0.278. The fourth-order valence-corrected chi connectivity index (χ4v) is 4.35. The molecule has 0 spiro atoms. The summed E-state index contributed by atoms with van der Waals surface area (Å²) in [6.07, 6.45) is 9.34. The quantitative estimate of drug-likeness (QED) is 0.859. The van der Waals surface area contributed by atoms with E-state index in [-0.39, 0.29) is 23.6 Å². The van der Waals surface area contributed by atoms with Crippen LogP contribution in [0.15, 0.2) is 0 Å². The topological polar surface area (TPSA) is 50.8 Å². The van der Waals surface area contributed by atoms with Gasteiger partial charge in [-0.3, -0.25) is 9.69 Å². The number of likely N-dealkylation sites (tertiary alicyclic amines) is 1. The number of amides is 1. The van der Waals surface area contributed by atoms with Crippen LogP contribution in [-0.4, -0.2) is 61.9 Å². The molecule has 0 aromatic carbocycles. The summed E-state index contributed by atoms with van der Waals surface area (Å²) in [5.41, 5.74) is -0.278. The van der Waals surface area contributed by atoms with Crippen molar-refractivity contribution in [2.24, 2.45) is 0 Å². The molecule has 2 heterocycles. The number of methoxy groups -OCH3 is 1. The number of nitrogens with one attached hydrogen (secondary N) is 1. The zero-order chi connectivity index (χ0) is 15.4. The lowest BCUT2D eigenvalue weighted by atomic mass is 9.78. The second kappa shape index (κ2) is 7.28. The highest BCUT2D eigenvalue weighted by Gasteiger charge is 2.46. The molecule has 1 N–H and O–H groups in total. The van der Waals surface area contributed by atoms with Crippen molar-refractivity contribution in [1.29, 1.82) is 0 Å². The number of ether oxygens (including phenoxy) is 2. The summed E-state index contributed by atoms with van der Waals surface area (Å²) in [4.78, 5) is 15.6. The maximum atomic E-state index is 13.2. The Balaban J connectivity index is 1.71. The van der Waals surface area contributed by atoms with E-state index in [2.05, 4.69) is 10.2 Å². The van der Waals surface area contributed by atoms with E-state index in [4.69, 9.17) is 9.47 Å². The molecule has 3 rings (SSSR count). The van der Waals surface area contributed by atoms with E-state index >= 15 is 0 Å². The lowest BCUT2D eigenvalue weighted by Gasteiger charge is -2.47. The summed E-state index contributed by atoms with van der Waals surface area (Å²) in [7, 11) is 1.69. The van der Waals surface area contributed by atoms with Crippen LogP contribution in [0, 0.1) is 0 Å². The van der Waals surface area contributed by atoms with E-state index in [9.17, 15) is 4.79 Å². The van der Waals surface area contributed by atoms with Crippen LogP contribution in [-0.2, 0) is 14.3 Å². The highest BCUT2D eigenvalue weighted by atomic mass is 16.5. The van der Waals surface area contributed by atoms with Gasteiger partial charge in [-0.2, -0.15) is 0 Å². The first kappa shape index (κ1) is 16.2. The van der Waals surface area contributed by atoms with Gasteiger partial charge in [0.05, 0.1) is 19.3 Å². The first-order chi connectivity index (χ1) is 10.8. The average molecular weight is 310 g/mol. The van der Waals surface area contributed by atoms with E-state index in [1.165, 1.54) is 38.5 Å². The van der Waals surface area contributed by atoms with Crippen LogP contribution in [0.1, 0.15) is 51.4 Å². The van der Waals surface area contributed by atoms with Crippen molar-refractivity contribution in [1.82, 2.24) is 10.2 Å². The Hall–Kier alpha value is -0.650. The van der Waals surface area contributed by atoms with Crippen LogP contribution in [0.25, 0.3) is 0 Å². The zero-order valence-corrected chi connectivity index (χ0v) is 13.8. The Morgan fingerprint density at radius 2 is 1.77 bits per heavy atom. The first-order valence-corrected chi connectivity index (χ1v) is 8.93. The number of carbonyl (C=O) groups is 1. The molecule has 0 radical (unpaired) electrons. The van der Waals surface area contributed by atoms with Crippen molar-refractivity contribution >= 4 is 5.91 Å². The van der Waals surface area contributed by atoms with E-state index in [1.807, 2.05) is 0 Å². The van der Waals surface area contributed by atoms with Crippen molar-refractivity contribution in [2.45, 2.75) is 69.1 Å². The molecule has 0 bridgehead atoms. The Morgan fingerprint density at radius 1 is 1.09 bits per heavy atom. The molecule has 2 atom stereocenters. The Labute approximate surface area is 133 Å². The Bertz CT molecular complexity index is 376. The number of rotatable bonds is 4. The smallest absolute Gasteiger partial charge is 0.240 e. The van der Waals surface area contributed by atoms with Crippen molar-refractivity contribution in [3.8, 4) is 0 Å². The minimum absolute atomic E-state index is 0.00101. The molecule has 1 saturated carbocycles. The second-order valence-corrected chi connectivity index (χ2v) is 7.03. The number of hydrogen-bond donors (Lipinski definition) is 1. The van der Waals surface area contributed by atoms with Crippen LogP contribution in [0.3, 0.4) is 0 Å². The second-order valence-electron chi connectivity index (χ2n) is 7.03. The summed E-state index contributed by atoms with van der Waals surface area (Å²) < 4.78 is 10.9. The molecule has 22 heavy (non-hydrogen) atoms. The summed E-state index contributed by atoms with van der Waals surface area (Å²) in [6, 6.07) is 0.00101. The average Bonchev–Trinajstić information content (AvgIpc) is 3.03. The van der Waals surface area contributed by atoms with Gasteiger partial charge < -0.3 is 14.8 Å². The fraction of sp³-hybridized carbons (Fsp3) is 0.941. The molecule has 1 aliphatic carbocycles. The Morgan fingerprint density at radius 3 is 2.45 bits per heavy atom. The molecule has 5 nitrogen and oxygen atoms in total. The van der Waals surface area contributed by atoms with Gasteiger partial charge in [0.1, 0.15) is 11.6 Å². The molecule has 2 saturated heterocycles. The minimum Gasteiger partial charge on any atom is -0.377 e. The predicted molar refractivity (Wildman–Crippen MR) is 84.8 cm³/mol. The molecular weight excluding hydrogens is 280 g/mol. The van der Waals surface area contributed by atoms with E-state index in [1.54, 1.807) is 7.11 Å². The summed E-state index contributed by atoms with van der Waals surface area (Å²) in [6.45, 7) is 3.29. The summed E-state index contributed by atoms with van der Waals surface area (Å²) >= 11 is 0. The summed E-state index contributed by atoms with van der Waals surface area (Å²) in [5, 5.41) is 3.26. The Kier molecular flexibility index (Phi) is 5.37. The largest absolute Gasteiger partial charge is 0.377 e. The fourth-order valence-electron chi connectivity index (χ4n) is 4.35. The molecule has 1 amide bonds. The normalized spacial score (nSPS) is 32.8. The maximum absolute atomic E-state index is 13.2. The molecule has 5 heteroatoms. The van der Waals surface area contributed by atoms with Crippen molar-refractivity contribution in [2.75, 3.05) is 33.4 Å². The lowest BCUT2D eigenvalue weighted by molar-refractivity contribution is -0.138. The van der Waals surface area contributed by atoms with Crippen LogP contribution in [0.5, 0.6) is 0 Å². The molecule has 0 aromatic heterocycles. The molecule has 126 valence electrons. The van der Waals surface area contributed by atoms with Gasteiger partial charge in [0.25, 0.3) is 0 Å². The van der Waals surface area contributed by atoms with Crippen molar-refractivity contribution in [3.63, 3.8) is 0 Å². The molecular formula is C17H30N2O3. The van der Waals surface area contributed by atoms with Gasteiger partial charge >= 0.3 is 0 Å². The molecule has 3 aliphatic rings. The van der Waals surface area contributed by atoms with Crippen LogP contribution < -0.4 is 5.32 Å². The number of hydrogen-bond acceptors (Lipinski definition) is 4. The summed E-state index contributed by atoms with van der Waals surface area (Å²) in [5.74, 6) is 0.214. The monoisotopic (exact) mass is 310 g/mol. The van der Waals surface area contributed by atoms with Gasteiger partial charge in [-0.25, -0.2) is 0 Å². The highest BCUT2D eigenvalue weighted by molar-refractivity contribution is 5.86. The van der Waals surface area contributed by atoms with Crippen LogP contribution in [0.2, 0.25) is 0 Å². The SMILES string of the molecule is CO[C@H]1COC[C@@H]1NC(=O)C1(N2CCCCC2)CCCCC1. The van der Waals surface area contributed by atoms with Crippen LogP contribution >= 0.6 is 0 Å². The molecule has 2 aliphatic heterocycles. The predicted octanol–water partition coefficient (Wildman–Crippen LogP) is 1.71. The van der Waals surface area contributed by atoms with Crippen molar-refractivity contribution in [3.05, 3.63) is 0 Å². The van der Waals surface area contributed by atoms with Gasteiger partial charge in [0.2, 0.25) is 5.91 Å². The van der Waals surface area contributed by atoms with E-state index in [0.29, 0.717) is 13.2 Å². The van der Waals surface area contributed by atoms with Gasteiger partial charge in [-0.1, -0.05) is 25.7 Å². The van der Waals surface area contributed by atoms with Crippen molar-refractivity contribution < 1.29 is 14.3 Å². The maximum Gasteiger partial charge on any atom is 0.240 e. The van der Waals surface area contributed by atoms with Gasteiger partial charge in [0.15, 0.2) is 0 Å². The van der Waals surface area contributed by atoms with Gasteiger partial charge in [-0.15, -0.1) is 0 Å². The number of nitrogens with zero attached hydrogens (tertiary/aromatic N) is 1. The highest BCUT2D eigenvalue weighted by Crippen LogP contribution is 2.36. The number of carbonyl (C=O) groups excluding carboxylic acids is 1. The third-order valence-corrected chi connectivity index (χ3v) is 5.71. The standard InChI is InChI=1S/C17H30N2O3/c1-21-15-13-22-12-14(15)18-16(20)17(8-4-2-5-9-17)19-10-6-3-7-11-19/h14-15H,2-13H2,1H3,(H,18,20)/t14-,15-/m0/s1. The molecule has 0 unspecified atom stereocenters.